The quantitative estimate of drug-likeness (QED) is 0.877. The van der Waals surface area contributed by atoms with Crippen LogP contribution in [0.15, 0.2) is 24.4 Å². The summed E-state index contributed by atoms with van der Waals surface area (Å²) in [6.45, 7) is 0.549. The molecule has 0 bridgehead atoms. The highest BCUT2D eigenvalue weighted by molar-refractivity contribution is 5.97. The second-order valence-electron chi connectivity index (χ2n) is 4.61. The van der Waals surface area contributed by atoms with Crippen molar-refractivity contribution in [2.24, 2.45) is 5.73 Å². The van der Waals surface area contributed by atoms with Crippen molar-refractivity contribution < 1.29 is 13.6 Å². The molecule has 1 amide bonds. The van der Waals surface area contributed by atoms with Crippen LogP contribution in [-0.4, -0.2) is 22.2 Å². The average molecular weight is 278 g/mol. The zero-order chi connectivity index (χ0) is 14.3. The van der Waals surface area contributed by atoms with Gasteiger partial charge in [0, 0.05) is 18.2 Å². The molecule has 0 fully saturated rings. The van der Waals surface area contributed by atoms with Crippen molar-refractivity contribution in [2.75, 3.05) is 11.9 Å². The van der Waals surface area contributed by atoms with E-state index in [9.17, 15) is 13.6 Å². The topological polar surface area (TPSA) is 72.9 Å². The normalized spacial score (nSPS) is 17.4. The number of fused-ring (bicyclic) bond motifs is 1. The molecule has 1 unspecified atom stereocenters. The number of nitrogens with two attached hydrogens (primary N) is 1. The van der Waals surface area contributed by atoms with Gasteiger partial charge < -0.3 is 11.1 Å². The molecule has 0 saturated heterocycles. The second kappa shape index (κ2) is 4.59. The van der Waals surface area contributed by atoms with Crippen molar-refractivity contribution in [3.63, 3.8) is 0 Å². The highest BCUT2D eigenvalue weighted by Crippen LogP contribution is 2.32. The molecule has 2 aromatic rings. The summed E-state index contributed by atoms with van der Waals surface area (Å²) in [4.78, 5) is 11.3. The molecular weight excluding hydrogens is 266 g/mol. The molecule has 104 valence electrons. The summed E-state index contributed by atoms with van der Waals surface area (Å²) >= 11 is 0. The maximum absolute atomic E-state index is 13.9. The van der Waals surface area contributed by atoms with Crippen LogP contribution < -0.4 is 11.1 Å². The summed E-state index contributed by atoms with van der Waals surface area (Å²) in [5.74, 6) is -1.38. The zero-order valence-electron chi connectivity index (χ0n) is 10.4. The maximum Gasteiger partial charge on any atom is 0.254 e. The molecule has 2 heterocycles. The number of primary amides is 1. The third-order valence-corrected chi connectivity index (χ3v) is 3.39. The lowest BCUT2D eigenvalue weighted by atomic mass is 10.0. The van der Waals surface area contributed by atoms with Gasteiger partial charge in [-0.2, -0.15) is 5.10 Å². The van der Waals surface area contributed by atoms with Gasteiger partial charge in [-0.3, -0.25) is 4.79 Å². The predicted octanol–water partition coefficient (Wildman–Crippen LogP) is 1.67. The number of hydrogen-bond donors (Lipinski definition) is 2. The Kier molecular flexibility index (Phi) is 2.89. The highest BCUT2D eigenvalue weighted by Gasteiger charge is 2.27. The summed E-state index contributed by atoms with van der Waals surface area (Å²) < 4.78 is 28.4. The lowest BCUT2D eigenvalue weighted by molar-refractivity contribution is 0.100. The third-order valence-electron chi connectivity index (χ3n) is 3.39. The van der Waals surface area contributed by atoms with E-state index in [1.165, 1.54) is 23.0 Å². The molecule has 20 heavy (non-hydrogen) atoms. The fraction of sp³-hybridized carbons (Fsp3) is 0.231. The first-order chi connectivity index (χ1) is 9.58. The number of aromatic nitrogens is 2. The van der Waals surface area contributed by atoms with E-state index in [2.05, 4.69) is 10.4 Å². The van der Waals surface area contributed by atoms with Gasteiger partial charge in [0.1, 0.15) is 23.0 Å². The van der Waals surface area contributed by atoms with Gasteiger partial charge in [-0.15, -0.1) is 0 Å². The Balaban J connectivity index is 2.08. The first kappa shape index (κ1) is 12.6. The van der Waals surface area contributed by atoms with E-state index in [1.54, 1.807) is 0 Å². The van der Waals surface area contributed by atoms with E-state index in [1.807, 2.05) is 0 Å². The number of nitrogens with one attached hydrogen (secondary N) is 1. The molecule has 0 radical (unpaired) electrons. The Morgan fingerprint density at radius 2 is 2.25 bits per heavy atom. The van der Waals surface area contributed by atoms with Crippen LogP contribution in [0.3, 0.4) is 0 Å². The lowest BCUT2D eigenvalue weighted by Crippen LogP contribution is -2.26. The first-order valence-electron chi connectivity index (χ1n) is 6.14. The van der Waals surface area contributed by atoms with Crippen molar-refractivity contribution in [3.05, 3.63) is 47.2 Å². The zero-order valence-corrected chi connectivity index (χ0v) is 10.4. The van der Waals surface area contributed by atoms with E-state index in [0.29, 0.717) is 24.3 Å². The minimum absolute atomic E-state index is 0.261. The predicted molar refractivity (Wildman–Crippen MR) is 68.3 cm³/mol. The minimum Gasteiger partial charge on any atom is -0.369 e. The fourth-order valence-electron chi connectivity index (χ4n) is 2.46. The Labute approximate surface area is 113 Å². The smallest absolute Gasteiger partial charge is 0.254 e. The van der Waals surface area contributed by atoms with Gasteiger partial charge in [-0.1, -0.05) is 6.07 Å². The number of hydrogen-bond acceptors (Lipinski definition) is 3. The van der Waals surface area contributed by atoms with Crippen LogP contribution >= 0.6 is 0 Å². The van der Waals surface area contributed by atoms with Crippen LogP contribution in [0.4, 0.5) is 14.6 Å². The van der Waals surface area contributed by atoms with E-state index >= 15 is 0 Å². The Hall–Kier alpha value is -2.44. The van der Waals surface area contributed by atoms with Gasteiger partial charge in [0.25, 0.3) is 5.91 Å². The molecule has 1 aliphatic rings. The van der Waals surface area contributed by atoms with Crippen molar-refractivity contribution in [3.8, 4) is 0 Å². The fourth-order valence-corrected chi connectivity index (χ4v) is 2.46. The summed E-state index contributed by atoms with van der Waals surface area (Å²) in [5, 5.41) is 7.12. The SMILES string of the molecule is NC(=O)c1cnn2c1NCCC2c1ccc(F)cc1F. The molecule has 1 atom stereocenters. The van der Waals surface area contributed by atoms with Gasteiger partial charge >= 0.3 is 0 Å². The van der Waals surface area contributed by atoms with Crippen molar-refractivity contribution in [1.29, 1.82) is 0 Å². The van der Waals surface area contributed by atoms with Crippen molar-refractivity contribution in [1.82, 2.24) is 9.78 Å². The number of rotatable bonds is 2. The number of anilines is 1. The van der Waals surface area contributed by atoms with Gasteiger partial charge in [-0.25, -0.2) is 13.5 Å². The van der Waals surface area contributed by atoms with Crippen LogP contribution in [0.25, 0.3) is 0 Å². The number of amides is 1. The summed E-state index contributed by atoms with van der Waals surface area (Å²) in [6, 6.07) is 3.06. The van der Waals surface area contributed by atoms with Crippen LogP contribution in [0.1, 0.15) is 28.4 Å². The standard InChI is InChI=1S/C13H12F2N4O/c14-7-1-2-8(10(15)5-7)11-3-4-17-13-9(12(16)20)6-18-19(11)13/h1-2,5-6,11,17H,3-4H2,(H2,16,20). The van der Waals surface area contributed by atoms with E-state index in [-0.39, 0.29) is 11.6 Å². The van der Waals surface area contributed by atoms with E-state index in [4.69, 9.17) is 5.73 Å². The number of carbonyl (C=O) groups excluding carboxylic acids is 1. The van der Waals surface area contributed by atoms with Gasteiger partial charge in [0.05, 0.1) is 12.2 Å². The van der Waals surface area contributed by atoms with E-state index < -0.39 is 17.5 Å². The van der Waals surface area contributed by atoms with Gasteiger partial charge in [-0.05, 0) is 12.5 Å². The average Bonchev–Trinajstić information content (AvgIpc) is 2.82. The highest BCUT2D eigenvalue weighted by atomic mass is 19.1. The number of nitrogens with zero attached hydrogens (tertiary/aromatic N) is 2. The van der Waals surface area contributed by atoms with E-state index in [0.717, 1.165) is 6.07 Å². The van der Waals surface area contributed by atoms with Crippen molar-refractivity contribution in [2.45, 2.75) is 12.5 Å². The van der Waals surface area contributed by atoms with Gasteiger partial charge in [0.2, 0.25) is 0 Å². The maximum atomic E-state index is 13.9. The molecule has 3 N–H and O–H groups in total. The number of carbonyl (C=O) groups is 1. The molecule has 0 spiro atoms. The first-order valence-corrected chi connectivity index (χ1v) is 6.14. The molecule has 0 saturated carbocycles. The molecule has 1 aliphatic heterocycles. The molecule has 3 rings (SSSR count). The second-order valence-corrected chi connectivity index (χ2v) is 4.61. The molecule has 0 aliphatic carbocycles. The Bertz CT molecular complexity index is 683. The number of halogens is 2. The molecule has 1 aromatic carbocycles. The Morgan fingerprint density at radius 1 is 1.45 bits per heavy atom. The monoisotopic (exact) mass is 278 g/mol. The van der Waals surface area contributed by atoms with Crippen LogP contribution in [0.2, 0.25) is 0 Å². The summed E-state index contributed by atoms with van der Waals surface area (Å²) in [6.07, 6.45) is 1.93. The third kappa shape index (κ3) is 1.91. The molecular formula is C13H12F2N4O. The van der Waals surface area contributed by atoms with Crippen LogP contribution in [-0.2, 0) is 0 Å². The van der Waals surface area contributed by atoms with Crippen LogP contribution in [0.5, 0.6) is 0 Å². The summed E-state index contributed by atoms with van der Waals surface area (Å²) in [7, 11) is 0. The minimum atomic E-state index is -0.626. The molecule has 1 aromatic heterocycles. The molecule has 5 nitrogen and oxygen atoms in total. The largest absolute Gasteiger partial charge is 0.369 e. The Morgan fingerprint density at radius 3 is 2.95 bits per heavy atom. The van der Waals surface area contributed by atoms with Gasteiger partial charge in [0.15, 0.2) is 0 Å². The van der Waals surface area contributed by atoms with Crippen molar-refractivity contribution >= 4 is 11.7 Å². The number of benzene rings is 1. The molecule has 7 heteroatoms. The summed E-state index contributed by atoms with van der Waals surface area (Å²) in [5.41, 5.74) is 5.86. The van der Waals surface area contributed by atoms with Crippen LogP contribution in [0, 0.1) is 11.6 Å². The lowest BCUT2D eigenvalue weighted by Gasteiger charge is -2.26.